The zero-order chi connectivity index (χ0) is 25.1. The number of hydrogen-bond donors (Lipinski definition) is 0. The molecule has 0 aliphatic carbocycles. The van der Waals surface area contributed by atoms with Gasteiger partial charge in [0.2, 0.25) is 0 Å². The van der Waals surface area contributed by atoms with Gasteiger partial charge in [-0.25, -0.2) is 9.78 Å². The summed E-state index contributed by atoms with van der Waals surface area (Å²) in [5, 5.41) is 0. The van der Waals surface area contributed by atoms with Crippen molar-refractivity contribution in [2.45, 2.75) is 20.4 Å². The number of carbonyl (C=O) groups is 1. The number of esters is 1. The molecule has 1 heterocycles. The molecule has 178 valence electrons. The van der Waals surface area contributed by atoms with Gasteiger partial charge in [-0.15, -0.1) is 0 Å². The molecule has 0 aliphatic heterocycles. The largest absolute Gasteiger partial charge is 0.423 e. The Hall–Kier alpha value is -3.96. The van der Waals surface area contributed by atoms with Gasteiger partial charge in [0, 0.05) is 11.0 Å². The summed E-state index contributed by atoms with van der Waals surface area (Å²) in [7, 11) is 0. The van der Waals surface area contributed by atoms with Crippen molar-refractivity contribution in [1.82, 2.24) is 9.55 Å². The first-order valence-electron chi connectivity index (χ1n) is 11.7. The number of fused-ring (bicyclic) bond motifs is 1. The number of rotatable bonds is 6. The number of imidazole rings is 1. The van der Waals surface area contributed by atoms with Gasteiger partial charge in [-0.2, -0.15) is 0 Å². The molecule has 5 heteroatoms. The minimum absolute atomic E-state index is 0.426. The van der Waals surface area contributed by atoms with Crippen molar-refractivity contribution in [3.05, 3.63) is 130 Å². The van der Waals surface area contributed by atoms with E-state index in [1.54, 1.807) is 0 Å². The van der Waals surface area contributed by atoms with Crippen molar-refractivity contribution in [1.29, 1.82) is 0 Å². The number of nitrogens with zero attached hydrogens (tertiary/aromatic N) is 2. The Morgan fingerprint density at radius 3 is 2.19 bits per heavy atom. The van der Waals surface area contributed by atoms with E-state index < -0.39 is 5.97 Å². The predicted molar refractivity (Wildman–Crippen MR) is 149 cm³/mol. The second-order valence-corrected chi connectivity index (χ2v) is 9.71. The Bertz CT molecular complexity index is 1550. The van der Waals surface area contributed by atoms with Crippen LogP contribution in [0.3, 0.4) is 0 Å². The van der Waals surface area contributed by atoms with Crippen molar-refractivity contribution in [3.63, 3.8) is 0 Å². The number of carbonyl (C=O) groups excluding carboxylic acids is 1. The summed E-state index contributed by atoms with van der Waals surface area (Å²) in [6.45, 7) is 4.64. The summed E-state index contributed by atoms with van der Waals surface area (Å²) in [6, 6.07) is 31.6. The highest BCUT2D eigenvalue weighted by Crippen LogP contribution is 2.26. The fourth-order valence-electron chi connectivity index (χ4n) is 4.03. The molecule has 1 aromatic heterocycles. The topological polar surface area (TPSA) is 44.1 Å². The van der Waals surface area contributed by atoms with Gasteiger partial charge in [-0.3, -0.25) is 0 Å². The molecule has 0 N–H and O–H groups in total. The molecule has 0 atom stereocenters. The number of para-hydroxylation sites is 2. The van der Waals surface area contributed by atoms with Crippen LogP contribution in [-0.4, -0.2) is 15.5 Å². The van der Waals surface area contributed by atoms with Gasteiger partial charge in [-0.05, 0) is 67.4 Å². The van der Waals surface area contributed by atoms with Crippen LogP contribution < -0.4 is 4.74 Å². The second kappa shape index (κ2) is 10.3. The van der Waals surface area contributed by atoms with Crippen LogP contribution in [0.5, 0.6) is 5.75 Å². The van der Waals surface area contributed by atoms with Crippen molar-refractivity contribution in [2.24, 2.45) is 0 Å². The number of hydrogen-bond acceptors (Lipinski definition) is 3. The summed E-state index contributed by atoms with van der Waals surface area (Å²) in [5.41, 5.74) is 6.45. The van der Waals surface area contributed by atoms with E-state index in [9.17, 15) is 4.79 Å². The molecule has 0 spiro atoms. The molecular weight excluding hydrogens is 512 g/mol. The summed E-state index contributed by atoms with van der Waals surface area (Å²) in [5.74, 6) is 0.771. The maximum absolute atomic E-state index is 13.5. The monoisotopic (exact) mass is 536 g/mol. The van der Waals surface area contributed by atoms with Crippen LogP contribution in [-0.2, 0) is 11.3 Å². The molecule has 5 aromatic rings. The first-order valence-corrected chi connectivity index (χ1v) is 12.5. The van der Waals surface area contributed by atoms with E-state index in [-0.39, 0.29) is 0 Å². The van der Waals surface area contributed by atoms with Crippen LogP contribution >= 0.6 is 15.9 Å². The molecule has 0 aliphatic rings. The third-order valence-corrected chi connectivity index (χ3v) is 6.55. The third-order valence-electron chi connectivity index (χ3n) is 6.03. The van der Waals surface area contributed by atoms with E-state index >= 15 is 0 Å². The van der Waals surface area contributed by atoms with E-state index in [0.29, 0.717) is 23.7 Å². The standard InChI is InChI=1S/C31H25BrN2O2/c1-21-7-13-24(14-8-21)27(31(35)36-26-17-9-22(2)10-18-26)19-30-33-28-5-3-4-6-29(28)34(30)20-23-11-15-25(32)16-12-23/h3-19H,20H2,1-2H3. The van der Waals surface area contributed by atoms with Gasteiger partial charge in [0.1, 0.15) is 11.6 Å². The Labute approximate surface area is 219 Å². The molecular formula is C31H25BrN2O2. The molecule has 4 aromatic carbocycles. The number of halogens is 1. The van der Waals surface area contributed by atoms with Gasteiger partial charge in [0.05, 0.1) is 16.6 Å². The zero-order valence-electron chi connectivity index (χ0n) is 20.1. The van der Waals surface area contributed by atoms with E-state index in [1.165, 1.54) is 0 Å². The van der Waals surface area contributed by atoms with Gasteiger partial charge in [0.15, 0.2) is 0 Å². The van der Waals surface area contributed by atoms with Crippen LogP contribution in [0.25, 0.3) is 22.7 Å². The van der Waals surface area contributed by atoms with E-state index in [4.69, 9.17) is 9.72 Å². The summed E-state index contributed by atoms with van der Waals surface area (Å²) >= 11 is 3.51. The van der Waals surface area contributed by atoms with Crippen molar-refractivity contribution < 1.29 is 9.53 Å². The Balaban J connectivity index is 1.61. The van der Waals surface area contributed by atoms with Gasteiger partial charge in [0.25, 0.3) is 0 Å². The highest BCUT2D eigenvalue weighted by molar-refractivity contribution is 9.10. The molecule has 0 saturated carbocycles. The second-order valence-electron chi connectivity index (χ2n) is 8.80. The fraction of sp³-hybridized carbons (Fsp3) is 0.0968. The molecule has 0 amide bonds. The molecule has 0 saturated heterocycles. The fourth-order valence-corrected chi connectivity index (χ4v) is 4.30. The average Bonchev–Trinajstić information content (AvgIpc) is 3.23. The number of ether oxygens (including phenoxy) is 1. The molecule has 36 heavy (non-hydrogen) atoms. The highest BCUT2D eigenvalue weighted by Gasteiger charge is 2.18. The Kier molecular flexibility index (Phi) is 6.83. The van der Waals surface area contributed by atoms with Crippen LogP contribution in [0.15, 0.2) is 102 Å². The molecule has 0 unspecified atom stereocenters. The Morgan fingerprint density at radius 2 is 1.50 bits per heavy atom. The van der Waals surface area contributed by atoms with Crippen LogP contribution in [0.2, 0.25) is 0 Å². The number of aromatic nitrogens is 2. The SMILES string of the molecule is Cc1ccc(OC(=O)C(=Cc2nc3ccccc3n2Cc2ccc(Br)cc2)c2ccc(C)cc2)cc1. The van der Waals surface area contributed by atoms with Crippen LogP contribution in [0.4, 0.5) is 0 Å². The lowest BCUT2D eigenvalue weighted by molar-refractivity contribution is -0.127. The van der Waals surface area contributed by atoms with Crippen molar-refractivity contribution in [2.75, 3.05) is 0 Å². The first-order chi connectivity index (χ1) is 17.5. The molecule has 0 bridgehead atoms. The maximum Gasteiger partial charge on any atom is 0.344 e. The van der Waals surface area contributed by atoms with Crippen molar-refractivity contribution in [3.8, 4) is 5.75 Å². The van der Waals surface area contributed by atoms with Crippen molar-refractivity contribution >= 4 is 44.6 Å². The molecule has 5 rings (SSSR count). The lowest BCUT2D eigenvalue weighted by Crippen LogP contribution is -2.11. The predicted octanol–water partition coefficient (Wildman–Crippen LogP) is 7.61. The normalized spacial score (nSPS) is 11.6. The molecule has 0 fully saturated rings. The minimum Gasteiger partial charge on any atom is -0.423 e. The number of aryl methyl sites for hydroxylation is 2. The summed E-state index contributed by atoms with van der Waals surface area (Å²) in [6.07, 6.45) is 1.83. The van der Waals surface area contributed by atoms with Crippen LogP contribution in [0, 0.1) is 13.8 Å². The first kappa shape index (κ1) is 23.8. The van der Waals surface area contributed by atoms with Gasteiger partial charge >= 0.3 is 5.97 Å². The average molecular weight is 537 g/mol. The van der Waals surface area contributed by atoms with E-state index in [1.807, 2.05) is 98.8 Å². The van der Waals surface area contributed by atoms with Gasteiger partial charge in [-0.1, -0.05) is 87.7 Å². The summed E-state index contributed by atoms with van der Waals surface area (Å²) < 4.78 is 8.95. The third kappa shape index (κ3) is 5.31. The lowest BCUT2D eigenvalue weighted by Gasteiger charge is -2.11. The highest BCUT2D eigenvalue weighted by atomic mass is 79.9. The van der Waals surface area contributed by atoms with E-state index in [2.05, 4.69) is 38.7 Å². The molecule has 0 radical (unpaired) electrons. The minimum atomic E-state index is -0.426. The van der Waals surface area contributed by atoms with Crippen LogP contribution in [0.1, 0.15) is 28.1 Å². The Morgan fingerprint density at radius 1 is 0.861 bits per heavy atom. The van der Waals surface area contributed by atoms with Gasteiger partial charge < -0.3 is 9.30 Å². The zero-order valence-corrected chi connectivity index (χ0v) is 21.7. The number of benzene rings is 4. The quantitative estimate of drug-likeness (QED) is 0.127. The van der Waals surface area contributed by atoms with E-state index in [0.717, 1.165) is 37.8 Å². The molecule has 4 nitrogen and oxygen atoms in total. The smallest absolute Gasteiger partial charge is 0.344 e. The summed E-state index contributed by atoms with van der Waals surface area (Å²) in [4.78, 5) is 18.4. The maximum atomic E-state index is 13.5. The lowest BCUT2D eigenvalue weighted by atomic mass is 10.0.